The zero-order chi connectivity index (χ0) is 22.0. The predicted octanol–water partition coefficient (Wildman–Crippen LogP) is 3.66. The molecule has 3 heterocycles. The summed E-state index contributed by atoms with van der Waals surface area (Å²) in [5.74, 6) is -0.933. The highest BCUT2D eigenvalue weighted by Crippen LogP contribution is 2.21. The van der Waals surface area contributed by atoms with Crippen LogP contribution in [-0.2, 0) is 0 Å². The summed E-state index contributed by atoms with van der Waals surface area (Å²) in [6, 6.07) is 11.7. The molecule has 2 amide bonds. The van der Waals surface area contributed by atoms with Gasteiger partial charge in [-0.05, 0) is 57.0 Å². The maximum absolute atomic E-state index is 13.9. The number of rotatable bonds is 4. The first-order valence-electron chi connectivity index (χ1n) is 10.4. The average molecular weight is 420 g/mol. The van der Waals surface area contributed by atoms with Gasteiger partial charge in [0, 0.05) is 36.7 Å². The van der Waals surface area contributed by atoms with E-state index < -0.39 is 5.82 Å². The van der Waals surface area contributed by atoms with Gasteiger partial charge in [-0.1, -0.05) is 12.1 Å². The summed E-state index contributed by atoms with van der Waals surface area (Å²) < 4.78 is 15.9. The first-order valence-corrected chi connectivity index (χ1v) is 10.4. The van der Waals surface area contributed by atoms with Gasteiger partial charge in [-0.25, -0.2) is 4.39 Å². The maximum Gasteiger partial charge on any atom is 0.256 e. The van der Waals surface area contributed by atoms with Crippen molar-refractivity contribution in [2.24, 2.45) is 0 Å². The second-order valence-electron chi connectivity index (χ2n) is 7.85. The maximum atomic E-state index is 13.9. The van der Waals surface area contributed by atoms with Crippen LogP contribution in [0.5, 0.6) is 0 Å². The molecule has 0 radical (unpaired) electrons. The molecule has 160 valence electrons. The lowest BCUT2D eigenvalue weighted by molar-refractivity contribution is 0.0693. The van der Waals surface area contributed by atoms with Crippen molar-refractivity contribution in [3.05, 3.63) is 83.2 Å². The summed E-state index contributed by atoms with van der Waals surface area (Å²) in [5.41, 5.74) is 3.45. The summed E-state index contributed by atoms with van der Waals surface area (Å²) in [7, 11) is 0. The van der Waals surface area contributed by atoms with E-state index in [9.17, 15) is 14.0 Å². The van der Waals surface area contributed by atoms with Crippen LogP contribution < -0.4 is 5.32 Å². The van der Waals surface area contributed by atoms with Crippen LogP contribution in [0.2, 0.25) is 0 Å². The van der Waals surface area contributed by atoms with Crippen molar-refractivity contribution in [2.75, 3.05) is 13.1 Å². The van der Waals surface area contributed by atoms with Crippen LogP contribution in [-0.4, -0.2) is 45.4 Å². The number of halogens is 1. The lowest BCUT2D eigenvalue weighted by Crippen LogP contribution is -2.46. The number of pyridine rings is 1. The number of hydrogen-bond acceptors (Lipinski definition) is 3. The number of aromatic nitrogens is 2. The van der Waals surface area contributed by atoms with Crippen molar-refractivity contribution >= 4 is 11.8 Å². The van der Waals surface area contributed by atoms with Gasteiger partial charge < -0.3 is 14.8 Å². The molecule has 1 aromatic carbocycles. The van der Waals surface area contributed by atoms with E-state index in [2.05, 4.69) is 10.3 Å². The number of benzene rings is 1. The molecule has 1 N–H and O–H groups in total. The molecule has 3 aromatic rings. The van der Waals surface area contributed by atoms with Gasteiger partial charge in [-0.2, -0.15) is 0 Å². The Morgan fingerprint density at radius 1 is 1.06 bits per heavy atom. The third-order valence-electron chi connectivity index (χ3n) is 5.80. The second kappa shape index (κ2) is 8.71. The molecule has 7 heteroatoms. The van der Waals surface area contributed by atoms with Gasteiger partial charge in [-0.15, -0.1) is 0 Å². The molecule has 4 rings (SSSR count). The molecule has 0 unspecified atom stereocenters. The van der Waals surface area contributed by atoms with E-state index in [1.165, 1.54) is 12.1 Å². The highest BCUT2D eigenvalue weighted by Gasteiger charge is 2.27. The molecule has 0 saturated carbocycles. The fourth-order valence-corrected chi connectivity index (χ4v) is 4.17. The number of carbonyl (C=O) groups is 2. The Kier molecular flexibility index (Phi) is 5.84. The molecule has 2 aromatic heterocycles. The number of hydrogen-bond donors (Lipinski definition) is 1. The minimum absolute atomic E-state index is 0.0291. The first-order chi connectivity index (χ1) is 15.0. The molecule has 1 aliphatic heterocycles. The van der Waals surface area contributed by atoms with Gasteiger partial charge in [-0.3, -0.25) is 14.6 Å². The Labute approximate surface area is 180 Å². The van der Waals surface area contributed by atoms with Gasteiger partial charge in [0.05, 0.1) is 23.0 Å². The largest absolute Gasteiger partial charge is 0.349 e. The van der Waals surface area contributed by atoms with Crippen molar-refractivity contribution in [3.8, 4) is 5.69 Å². The molecule has 1 fully saturated rings. The Morgan fingerprint density at radius 3 is 2.48 bits per heavy atom. The van der Waals surface area contributed by atoms with Crippen molar-refractivity contribution in [1.82, 2.24) is 19.8 Å². The van der Waals surface area contributed by atoms with Crippen LogP contribution in [0.25, 0.3) is 5.69 Å². The van der Waals surface area contributed by atoms with Gasteiger partial charge >= 0.3 is 0 Å². The van der Waals surface area contributed by atoms with Crippen LogP contribution in [0, 0.1) is 19.7 Å². The van der Waals surface area contributed by atoms with Crippen LogP contribution >= 0.6 is 0 Å². The monoisotopic (exact) mass is 420 g/mol. The molecule has 6 nitrogen and oxygen atoms in total. The van der Waals surface area contributed by atoms with Crippen LogP contribution in [0.3, 0.4) is 0 Å². The summed E-state index contributed by atoms with van der Waals surface area (Å²) in [6.07, 6.45) is 4.75. The first kappa shape index (κ1) is 20.8. The Bertz CT molecular complexity index is 1100. The quantitative estimate of drug-likeness (QED) is 0.700. The summed E-state index contributed by atoms with van der Waals surface area (Å²) >= 11 is 0. The Hall–Kier alpha value is -3.48. The van der Waals surface area contributed by atoms with Gasteiger partial charge in [0.15, 0.2) is 0 Å². The van der Waals surface area contributed by atoms with Crippen molar-refractivity contribution < 1.29 is 14.0 Å². The number of amides is 2. The van der Waals surface area contributed by atoms with E-state index in [0.717, 1.165) is 17.1 Å². The lowest BCUT2D eigenvalue weighted by Gasteiger charge is -2.32. The number of likely N-dealkylation sites (tertiary alicyclic amines) is 1. The number of carbonyl (C=O) groups excluding carboxylic acids is 2. The van der Waals surface area contributed by atoms with Gasteiger partial charge in [0.25, 0.3) is 11.8 Å². The predicted molar refractivity (Wildman–Crippen MR) is 116 cm³/mol. The second-order valence-corrected chi connectivity index (χ2v) is 7.85. The molecular weight excluding hydrogens is 395 g/mol. The van der Waals surface area contributed by atoms with E-state index in [1.54, 1.807) is 29.4 Å². The third kappa shape index (κ3) is 4.21. The zero-order valence-electron chi connectivity index (χ0n) is 17.6. The lowest BCUT2D eigenvalue weighted by atomic mass is 10.0. The van der Waals surface area contributed by atoms with Crippen LogP contribution in [0.15, 0.2) is 54.9 Å². The molecule has 31 heavy (non-hydrogen) atoms. The Balaban J connectivity index is 1.40. The SMILES string of the molecule is Cc1cc(C(=O)NC2CCN(C(=O)c3ccccc3F)CC2)c(C)n1-c1cccnc1. The molecule has 1 aliphatic rings. The highest BCUT2D eigenvalue weighted by molar-refractivity contribution is 5.96. The van der Waals surface area contributed by atoms with Crippen molar-refractivity contribution in [1.29, 1.82) is 0 Å². The average Bonchev–Trinajstić information content (AvgIpc) is 3.09. The topological polar surface area (TPSA) is 67.2 Å². The van der Waals surface area contributed by atoms with Crippen LogP contribution in [0.1, 0.15) is 44.9 Å². The molecule has 0 bridgehead atoms. The molecule has 0 aliphatic carbocycles. The molecule has 0 atom stereocenters. The van der Waals surface area contributed by atoms with E-state index >= 15 is 0 Å². The molecule has 1 saturated heterocycles. The normalized spacial score (nSPS) is 14.5. The summed E-state index contributed by atoms with van der Waals surface area (Å²) in [6.45, 7) is 4.84. The fourth-order valence-electron chi connectivity index (χ4n) is 4.17. The van der Waals surface area contributed by atoms with Gasteiger partial charge in [0.2, 0.25) is 0 Å². The van der Waals surface area contributed by atoms with E-state index in [1.807, 2.05) is 36.6 Å². The smallest absolute Gasteiger partial charge is 0.256 e. The standard InChI is InChI=1S/C24H25FN4O2/c1-16-14-21(17(2)29(16)19-6-5-11-26-15-19)23(30)27-18-9-12-28(13-10-18)24(31)20-7-3-4-8-22(20)25/h3-8,11,14-15,18H,9-10,12-13H2,1-2H3,(H,27,30). The summed E-state index contributed by atoms with van der Waals surface area (Å²) in [4.78, 5) is 31.3. The third-order valence-corrected chi connectivity index (χ3v) is 5.80. The van der Waals surface area contributed by atoms with Crippen molar-refractivity contribution in [2.45, 2.75) is 32.7 Å². The minimum atomic E-state index is -0.508. The Morgan fingerprint density at radius 2 is 1.81 bits per heavy atom. The minimum Gasteiger partial charge on any atom is -0.349 e. The van der Waals surface area contributed by atoms with E-state index in [4.69, 9.17) is 0 Å². The highest BCUT2D eigenvalue weighted by atomic mass is 19.1. The van der Waals surface area contributed by atoms with Crippen molar-refractivity contribution in [3.63, 3.8) is 0 Å². The van der Waals surface area contributed by atoms with Crippen LogP contribution in [0.4, 0.5) is 4.39 Å². The number of piperidine rings is 1. The van der Waals surface area contributed by atoms with E-state index in [-0.39, 0.29) is 23.4 Å². The van der Waals surface area contributed by atoms with Gasteiger partial charge in [0.1, 0.15) is 5.82 Å². The number of nitrogens with one attached hydrogen (secondary N) is 1. The number of aryl methyl sites for hydroxylation is 1. The number of nitrogens with zero attached hydrogens (tertiary/aromatic N) is 3. The summed E-state index contributed by atoms with van der Waals surface area (Å²) in [5, 5.41) is 3.10. The van der Waals surface area contributed by atoms with E-state index in [0.29, 0.717) is 31.5 Å². The zero-order valence-corrected chi connectivity index (χ0v) is 17.6. The fraction of sp³-hybridized carbons (Fsp3) is 0.292. The molecular formula is C24H25FN4O2. The molecule has 0 spiro atoms.